The predicted molar refractivity (Wildman–Crippen MR) is 84.4 cm³/mol. The van der Waals surface area contributed by atoms with Gasteiger partial charge in [0.15, 0.2) is 9.84 Å². The molecule has 21 heavy (non-hydrogen) atoms. The van der Waals surface area contributed by atoms with Gasteiger partial charge in [0.1, 0.15) is 5.75 Å². The van der Waals surface area contributed by atoms with E-state index in [4.69, 9.17) is 22.1 Å². The van der Waals surface area contributed by atoms with Crippen LogP contribution in [0.2, 0.25) is 5.02 Å². The van der Waals surface area contributed by atoms with Crippen LogP contribution in [0.1, 0.15) is 12.5 Å². The second-order valence-corrected chi connectivity index (χ2v) is 6.94. The van der Waals surface area contributed by atoms with Gasteiger partial charge in [0.25, 0.3) is 0 Å². The van der Waals surface area contributed by atoms with E-state index in [0.29, 0.717) is 28.6 Å². The van der Waals surface area contributed by atoms with Crippen molar-refractivity contribution in [2.75, 3.05) is 12.3 Å². The van der Waals surface area contributed by atoms with Crippen molar-refractivity contribution in [3.8, 4) is 5.75 Å². The molecule has 0 heterocycles. The van der Waals surface area contributed by atoms with Gasteiger partial charge in [-0.25, -0.2) is 8.42 Å². The van der Waals surface area contributed by atoms with Crippen LogP contribution in [0.5, 0.6) is 5.75 Å². The van der Waals surface area contributed by atoms with E-state index in [1.54, 1.807) is 30.3 Å². The van der Waals surface area contributed by atoms with E-state index in [-0.39, 0.29) is 10.6 Å². The molecule has 2 aromatic carbocycles. The molecule has 0 aliphatic rings. The fourth-order valence-corrected chi connectivity index (χ4v) is 3.42. The maximum Gasteiger partial charge on any atom is 0.182 e. The highest BCUT2D eigenvalue weighted by atomic mass is 35.5. The Morgan fingerprint density at radius 3 is 2.43 bits per heavy atom. The fourth-order valence-electron chi connectivity index (χ4n) is 1.94. The molecule has 6 heteroatoms. The molecule has 0 amide bonds. The lowest BCUT2D eigenvalue weighted by Crippen LogP contribution is -2.07. The van der Waals surface area contributed by atoms with Crippen LogP contribution in [0.4, 0.5) is 5.69 Å². The number of halogens is 1. The zero-order chi connectivity index (χ0) is 15.5. The summed E-state index contributed by atoms with van der Waals surface area (Å²) in [4.78, 5) is 0.219. The summed E-state index contributed by atoms with van der Waals surface area (Å²) in [5.41, 5.74) is 6.78. The van der Waals surface area contributed by atoms with Crippen LogP contribution < -0.4 is 10.5 Å². The van der Waals surface area contributed by atoms with E-state index < -0.39 is 9.84 Å². The molecule has 0 fully saturated rings. The monoisotopic (exact) mass is 325 g/mol. The molecule has 2 aromatic rings. The third-order valence-electron chi connectivity index (χ3n) is 2.90. The Kier molecular flexibility index (Phi) is 4.75. The van der Waals surface area contributed by atoms with E-state index in [1.165, 1.54) is 12.1 Å². The zero-order valence-corrected chi connectivity index (χ0v) is 13.1. The number of hydrogen-bond acceptors (Lipinski definition) is 4. The van der Waals surface area contributed by atoms with Crippen LogP contribution >= 0.6 is 11.6 Å². The van der Waals surface area contributed by atoms with Crippen LogP contribution in [-0.4, -0.2) is 15.0 Å². The van der Waals surface area contributed by atoms with Gasteiger partial charge < -0.3 is 10.5 Å². The molecule has 0 spiro atoms. The van der Waals surface area contributed by atoms with Crippen molar-refractivity contribution in [2.24, 2.45) is 0 Å². The molecule has 0 aliphatic carbocycles. The number of benzene rings is 2. The Morgan fingerprint density at radius 1 is 1.14 bits per heavy atom. The van der Waals surface area contributed by atoms with Crippen LogP contribution in [0.25, 0.3) is 0 Å². The minimum Gasteiger partial charge on any atom is -0.494 e. The second-order valence-electron chi connectivity index (χ2n) is 4.51. The molecule has 0 atom stereocenters. The van der Waals surface area contributed by atoms with Crippen molar-refractivity contribution in [1.82, 2.24) is 0 Å². The Labute approximate surface area is 129 Å². The Bertz CT molecular complexity index is 727. The standard InChI is InChI=1S/C15H16ClNO3S/c1-2-20-15-8-5-13(17)9-11(15)10-21(18,19)14-6-3-12(16)4-7-14/h3-9H,2,10,17H2,1H3. The topological polar surface area (TPSA) is 69.4 Å². The molecule has 0 saturated carbocycles. The summed E-state index contributed by atoms with van der Waals surface area (Å²) < 4.78 is 30.3. The molecule has 112 valence electrons. The van der Waals surface area contributed by atoms with Gasteiger partial charge >= 0.3 is 0 Å². The normalized spacial score (nSPS) is 11.3. The average Bonchev–Trinajstić information content (AvgIpc) is 2.42. The highest BCUT2D eigenvalue weighted by Crippen LogP contribution is 2.26. The lowest BCUT2D eigenvalue weighted by atomic mass is 10.2. The van der Waals surface area contributed by atoms with Crippen LogP contribution in [0, 0.1) is 0 Å². The highest BCUT2D eigenvalue weighted by Gasteiger charge is 2.18. The number of sulfone groups is 1. The summed E-state index contributed by atoms with van der Waals surface area (Å²) in [6, 6.07) is 11.1. The predicted octanol–water partition coefficient (Wildman–Crippen LogP) is 3.29. The first kappa shape index (κ1) is 15.7. The van der Waals surface area contributed by atoms with Gasteiger partial charge in [0.2, 0.25) is 0 Å². The van der Waals surface area contributed by atoms with Gasteiger partial charge in [-0.05, 0) is 49.4 Å². The molecule has 0 bridgehead atoms. The smallest absolute Gasteiger partial charge is 0.182 e. The SMILES string of the molecule is CCOc1ccc(N)cc1CS(=O)(=O)c1ccc(Cl)cc1. The van der Waals surface area contributed by atoms with Gasteiger partial charge in [0.05, 0.1) is 17.3 Å². The summed E-state index contributed by atoms with van der Waals surface area (Å²) in [5, 5.41) is 0.493. The molecular weight excluding hydrogens is 310 g/mol. The fraction of sp³-hybridized carbons (Fsp3) is 0.200. The van der Waals surface area contributed by atoms with Crippen molar-refractivity contribution >= 4 is 27.1 Å². The van der Waals surface area contributed by atoms with Gasteiger partial charge in [-0.3, -0.25) is 0 Å². The summed E-state index contributed by atoms with van der Waals surface area (Å²) >= 11 is 5.78. The van der Waals surface area contributed by atoms with Crippen molar-refractivity contribution in [3.63, 3.8) is 0 Å². The number of rotatable bonds is 5. The molecule has 2 rings (SSSR count). The number of hydrogen-bond donors (Lipinski definition) is 1. The molecule has 2 N–H and O–H groups in total. The summed E-state index contributed by atoms with van der Waals surface area (Å²) in [5.74, 6) is 0.360. The summed E-state index contributed by atoms with van der Waals surface area (Å²) in [7, 11) is -3.48. The summed E-state index contributed by atoms with van der Waals surface area (Å²) in [6.07, 6.45) is 0. The van der Waals surface area contributed by atoms with E-state index in [1.807, 2.05) is 6.92 Å². The van der Waals surface area contributed by atoms with Crippen LogP contribution in [0.3, 0.4) is 0 Å². The van der Waals surface area contributed by atoms with Crippen molar-refractivity contribution in [2.45, 2.75) is 17.6 Å². The van der Waals surface area contributed by atoms with Crippen molar-refractivity contribution < 1.29 is 13.2 Å². The maximum atomic E-state index is 12.4. The first-order valence-electron chi connectivity index (χ1n) is 6.42. The Hall–Kier alpha value is -1.72. The van der Waals surface area contributed by atoms with Crippen LogP contribution in [-0.2, 0) is 15.6 Å². The minimum absolute atomic E-state index is 0.172. The largest absolute Gasteiger partial charge is 0.494 e. The molecule has 0 unspecified atom stereocenters. The number of nitrogens with two attached hydrogens (primary N) is 1. The summed E-state index contributed by atoms with van der Waals surface area (Å²) in [6.45, 7) is 2.30. The molecule has 0 aromatic heterocycles. The second kappa shape index (κ2) is 6.37. The first-order chi connectivity index (χ1) is 9.92. The average molecular weight is 326 g/mol. The molecule has 0 aliphatic heterocycles. The van der Waals surface area contributed by atoms with Crippen LogP contribution in [0.15, 0.2) is 47.4 Å². The lowest BCUT2D eigenvalue weighted by Gasteiger charge is -2.11. The Balaban J connectivity index is 2.36. The molecule has 0 radical (unpaired) electrons. The number of nitrogen functional groups attached to an aromatic ring is 1. The third-order valence-corrected chi connectivity index (χ3v) is 4.84. The van der Waals surface area contributed by atoms with Gasteiger partial charge in [-0.1, -0.05) is 11.6 Å². The highest BCUT2D eigenvalue weighted by molar-refractivity contribution is 7.90. The van der Waals surface area contributed by atoms with Crippen molar-refractivity contribution in [1.29, 1.82) is 0 Å². The van der Waals surface area contributed by atoms with E-state index >= 15 is 0 Å². The maximum absolute atomic E-state index is 12.4. The van der Waals surface area contributed by atoms with Gasteiger partial charge in [-0.2, -0.15) is 0 Å². The number of anilines is 1. The Morgan fingerprint density at radius 2 is 1.81 bits per heavy atom. The minimum atomic E-state index is -3.48. The van der Waals surface area contributed by atoms with Crippen molar-refractivity contribution in [3.05, 3.63) is 53.1 Å². The lowest BCUT2D eigenvalue weighted by molar-refractivity contribution is 0.337. The van der Waals surface area contributed by atoms with E-state index in [9.17, 15) is 8.42 Å². The van der Waals surface area contributed by atoms with E-state index in [0.717, 1.165) is 0 Å². The van der Waals surface area contributed by atoms with Gasteiger partial charge in [-0.15, -0.1) is 0 Å². The molecular formula is C15H16ClNO3S. The quantitative estimate of drug-likeness (QED) is 0.856. The molecule has 0 saturated heterocycles. The molecule has 4 nitrogen and oxygen atoms in total. The first-order valence-corrected chi connectivity index (χ1v) is 8.45. The zero-order valence-electron chi connectivity index (χ0n) is 11.5. The third kappa shape index (κ3) is 3.89. The van der Waals surface area contributed by atoms with E-state index in [2.05, 4.69) is 0 Å². The van der Waals surface area contributed by atoms with Gasteiger partial charge in [0, 0.05) is 16.3 Å². The number of ether oxygens (including phenoxy) is 1.